The van der Waals surface area contributed by atoms with E-state index in [-0.39, 0.29) is 11.6 Å². The molecule has 7 nitrogen and oxygen atoms in total. The van der Waals surface area contributed by atoms with Gasteiger partial charge in [0, 0.05) is 29.2 Å². The van der Waals surface area contributed by atoms with Crippen molar-refractivity contribution in [2.75, 3.05) is 4.90 Å². The summed E-state index contributed by atoms with van der Waals surface area (Å²) in [6, 6.07) is 24.7. The standard InChI is InChI=1S/C30H30N6O/c1-19-13-14-20(2)27-24(19)18-25(30(37)31-27)28(36-21(3)17-23-11-7-8-12-26(23)36)29-32-33-34-35(29)16-15-22-9-5-4-6-10-22/h4-14,18,21,28H,15-17H2,1-3H3,(H,31,37)/t21-,28+/m1/s1. The lowest BCUT2D eigenvalue weighted by Crippen LogP contribution is -2.39. The first-order valence-corrected chi connectivity index (χ1v) is 12.8. The van der Waals surface area contributed by atoms with Crippen molar-refractivity contribution in [2.24, 2.45) is 0 Å². The number of anilines is 1. The SMILES string of the molecule is Cc1ccc(C)c2[nH]c(=O)c([C@@H](c3nnnn3CCc3ccccc3)N3c4ccccc4C[C@H]3C)cc12. The summed E-state index contributed by atoms with van der Waals surface area (Å²) in [7, 11) is 0. The van der Waals surface area contributed by atoms with E-state index in [0.717, 1.165) is 40.6 Å². The van der Waals surface area contributed by atoms with Crippen LogP contribution >= 0.6 is 0 Å². The zero-order valence-electron chi connectivity index (χ0n) is 21.3. The zero-order chi connectivity index (χ0) is 25.5. The predicted octanol–water partition coefficient (Wildman–Crippen LogP) is 4.91. The van der Waals surface area contributed by atoms with Gasteiger partial charge in [-0.3, -0.25) is 4.79 Å². The number of fused-ring (bicyclic) bond motifs is 2. The molecule has 6 rings (SSSR count). The number of aromatic amines is 1. The highest BCUT2D eigenvalue weighted by molar-refractivity contribution is 5.85. The molecule has 0 saturated heterocycles. The van der Waals surface area contributed by atoms with Gasteiger partial charge in [0.2, 0.25) is 0 Å². The Bertz CT molecular complexity index is 1640. The highest BCUT2D eigenvalue weighted by Gasteiger charge is 2.37. The van der Waals surface area contributed by atoms with Crippen LogP contribution in [0.5, 0.6) is 0 Å². The lowest BCUT2D eigenvalue weighted by molar-refractivity contribution is 0.519. The molecule has 2 atom stereocenters. The van der Waals surface area contributed by atoms with Gasteiger partial charge in [-0.1, -0.05) is 60.7 Å². The van der Waals surface area contributed by atoms with E-state index in [1.165, 1.54) is 11.1 Å². The minimum absolute atomic E-state index is 0.111. The molecule has 0 radical (unpaired) electrons. The van der Waals surface area contributed by atoms with E-state index in [0.29, 0.717) is 17.9 Å². The zero-order valence-corrected chi connectivity index (χ0v) is 21.3. The molecule has 0 saturated carbocycles. The molecular weight excluding hydrogens is 460 g/mol. The summed E-state index contributed by atoms with van der Waals surface area (Å²) in [5, 5.41) is 14.0. The molecule has 1 aliphatic rings. The highest BCUT2D eigenvalue weighted by Crippen LogP contribution is 2.40. The monoisotopic (exact) mass is 490 g/mol. The molecule has 1 N–H and O–H groups in total. The number of para-hydroxylation sites is 1. The van der Waals surface area contributed by atoms with Crippen LogP contribution in [-0.2, 0) is 19.4 Å². The maximum atomic E-state index is 13.7. The normalized spacial score (nSPS) is 15.8. The van der Waals surface area contributed by atoms with Crippen molar-refractivity contribution in [1.29, 1.82) is 0 Å². The van der Waals surface area contributed by atoms with Crippen molar-refractivity contribution in [3.63, 3.8) is 0 Å². The number of nitrogens with one attached hydrogen (secondary N) is 1. The highest BCUT2D eigenvalue weighted by atomic mass is 16.1. The minimum Gasteiger partial charge on any atom is -0.354 e. The van der Waals surface area contributed by atoms with Gasteiger partial charge in [0.15, 0.2) is 5.82 Å². The van der Waals surface area contributed by atoms with Gasteiger partial charge in [0.05, 0.1) is 5.52 Å². The molecule has 1 aliphatic heterocycles. The molecule has 0 amide bonds. The van der Waals surface area contributed by atoms with Crippen LogP contribution < -0.4 is 10.5 Å². The van der Waals surface area contributed by atoms with Gasteiger partial charge in [-0.05, 0) is 78.4 Å². The maximum absolute atomic E-state index is 13.7. The van der Waals surface area contributed by atoms with Crippen molar-refractivity contribution >= 4 is 16.6 Å². The number of pyridine rings is 1. The Labute approximate surface area is 215 Å². The molecule has 0 aliphatic carbocycles. The van der Waals surface area contributed by atoms with Gasteiger partial charge in [-0.25, -0.2) is 4.68 Å². The number of tetrazole rings is 1. The second-order valence-electron chi connectivity index (χ2n) is 10.0. The van der Waals surface area contributed by atoms with Crippen molar-refractivity contribution in [1.82, 2.24) is 25.2 Å². The molecule has 2 aromatic heterocycles. The molecule has 0 bridgehead atoms. The maximum Gasteiger partial charge on any atom is 0.254 e. The number of rotatable bonds is 6. The van der Waals surface area contributed by atoms with Crippen LogP contribution in [0.2, 0.25) is 0 Å². The van der Waals surface area contributed by atoms with Crippen LogP contribution in [0, 0.1) is 13.8 Å². The van der Waals surface area contributed by atoms with Gasteiger partial charge in [0.25, 0.3) is 5.56 Å². The molecular formula is C30H30N6O. The molecule has 0 fully saturated rings. The Morgan fingerprint density at radius 1 is 1.00 bits per heavy atom. The third-order valence-electron chi connectivity index (χ3n) is 7.56. The van der Waals surface area contributed by atoms with Crippen LogP contribution in [-0.4, -0.2) is 31.2 Å². The molecule has 3 aromatic carbocycles. The summed E-state index contributed by atoms with van der Waals surface area (Å²) in [5.41, 5.74) is 7.20. The van der Waals surface area contributed by atoms with E-state index in [1.807, 2.05) is 41.9 Å². The fourth-order valence-electron chi connectivity index (χ4n) is 5.64. The van der Waals surface area contributed by atoms with Gasteiger partial charge >= 0.3 is 0 Å². The Morgan fingerprint density at radius 3 is 2.59 bits per heavy atom. The first-order chi connectivity index (χ1) is 18.0. The average Bonchev–Trinajstić information content (AvgIpc) is 3.51. The Morgan fingerprint density at radius 2 is 1.76 bits per heavy atom. The van der Waals surface area contributed by atoms with Crippen LogP contribution in [0.15, 0.2) is 77.6 Å². The number of nitrogens with zero attached hydrogens (tertiary/aromatic N) is 5. The second-order valence-corrected chi connectivity index (χ2v) is 10.0. The number of hydrogen-bond acceptors (Lipinski definition) is 5. The van der Waals surface area contributed by atoms with E-state index in [1.54, 1.807) is 0 Å². The largest absolute Gasteiger partial charge is 0.354 e. The molecule has 37 heavy (non-hydrogen) atoms. The summed E-state index contributed by atoms with van der Waals surface area (Å²) >= 11 is 0. The number of aryl methyl sites for hydroxylation is 4. The number of H-pyrrole nitrogens is 1. The van der Waals surface area contributed by atoms with E-state index >= 15 is 0 Å². The van der Waals surface area contributed by atoms with Gasteiger partial charge in [-0.2, -0.15) is 0 Å². The third-order valence-corrected chi connectivity index (χ3v) is 7.56. The summed E-state index contributed by atoms with van der Waals surface area (Å²) in [4.78, 5) is 19.2. The van der Waals surface area contributed by atoms with E-state index in [4.69, 9.17) is 0 Å². The molecule has 5 aromatic rings. The van der Waals surface area contributed by atoms with Crippen molar-refractivity contribution in [2.45, 2.75) is 52.2 Å². The molecule has 186 valence electrons. The Kier molecular flexibility index (Phi) is 5.83. The lowest BCUT2D eigenvalue weighted by atomic mass is 9.99. The number of aromatic nitrogens is 5. The van der Waals surface area contributed by atoms with Crippen LogP contribution in [0.3, 0.4) is 0 Å². The first kappa shape index (κ1) is 23.2. The summed E-state index contributed by atoms with van der Waals surface area (Å²) in [6.07, 6.45) is 1.70. The second kappa shape index (κ2) is 9.32. The predicted molar refractivity (Wildman–Crippen MR) is 146 cm³/mol. The quantitative estimate of drug-likeness (QED) is 0.366. The van der Waals surface area contributed by atoms with Crippen LogP contribution in [0.25, 0.3) is 10.9 Å². The van der Waals surface area contributed by atoms with E-state index < -0.39 is 6.04 Å². The molecule has 0 unspecified atom stereocenters. The van der Waals surface area contributed by atoms with Gasteiger partial charge < -0.3 is 9.88 Å². The fourth-order valence-corrected chi connectivity index (χ4v) is 5.64. The fraction of sp³-hybridized carbons (Fsp3) is 0.267. The molecule has 3 heterocycles. The number of benzene rings is 3. The Balaban J connectivity index is 1.52. The van der Waals surface area contributed by atoms with Crippen molar-refractivity contribution < 1.29 is 0 Å². The number of hydrogen-bond donors (Lipinski definition) is 1. The van der Waals surface area contributed by atoms with Crippen molar-refractivity contribution in [3.05, 3.63) is 117 Å². The summed E-state index contributed by atoms with van der Waals surface area (Å²) in [5.74, 6) is 0.676. The first-order valence-electron chi connectivity index (χ1n) is 12.8. The van der Waals surface area contributed by atoms with Crippen LogP contribution in [0.4, 0.5) is 5.69 Å². The molecule has 7 heteroatoms. The van der Waals surface area contributed by atoms with Crippen LogP contribution in [0.1, 0.15) is 46.6 Å². The van der Waals surface area contributed by atoms with Gasteiger partial charge in [-0.15, -0.1) is 5.10 Å². The topological polar surface area (TPSA) is 79.7 Å². The lowest BCUT2D eigenvalue weighted by Gasteiger charge is -2.33. The summed E-state index contributed by atoms with van der Waals surface area (Å²) in [6.45, 7) is 6.93. The van der Waals surface area contributed by atoms with E-state index in [2.05, 4.69) is 81.7 Å². The molecule has 0 spiro atoms. The van der Waals surface area contributed by atoms with Crippen molar-refractivity contribution in [3.8, 4) is 0 Å². The van der Waals surface area contributed by atoms with E-state index in [9.17, 15) is 4.79 Å². The Hall–Kier alpha value is -4.26. The average molecular weight is 491 g/mol. The smallest absolute Gasteiger partial charge is 0.254 e. The minimum atomic E-state index is -0.433. The third kappa shape index (κ3) is 4.10. The van der Waals surface area contributed by atoms with Gasteiger partial charge in [0.1, 0.15) is 6.04 Å². The summed E-state index contributed by atoms with van der Waals surface area (Å²) < 4.78 is 1.86.